The average molecular weight is 716 g/mol. The molecule has 56 heavy (non-hydrogen) atoms. The summed E-state index contributed by atoms with van der Waals surface area (Å²) in [5.74, 6) is 0. The summed E-state index contributed by atoms with van der Waals surface area (Å²) < 4.78 is 0. The quantitative estimate of drug-likeness (QED) is 0.159. The van der Waals surface area contributed by atoms with E-state index < -0.39 is 0 Å². The van der Waals surface area contributed by atoms with E-state index >= 15 is 0 Å². The molecule has 0 saturated heterocycles. The monoisotopic (exact) mass is 715 g/mol. The molecule has 0 saturated carbocycles. The van der Waals surface area contributed by atoms with Crippen LogP contribution in [0.1, 0.15) is 25.0 Å². The first-order valence-corrected chi connectivity index (χ1v) is 19.5. The maximum Gasteiger partial charge on any atom is 0.0467 e. The van der Waals surface area contributed by atoms with Gasteiger partial charge in [0, 0.05) is 22.5 Å². The molecule has 1 nitrogen and oxygen atoms in total. The van der Waals surface area contributed by atoms with Crippen molar-refractivity contribution in [2.75, 3.05) is 4.90 Å². The van der Waals surface area contributed by atoms with E-state index in [0.29, 0.717) is 0 Å². The predicted octanol–water partition coefficient (Wildman–Crippen LogP) is 15.3. The normalized spacial score (nSPS) is 12.6. The van der Waals surface area contributed by atoms with Crippen LogP contribution in [0.15, 0.2) is 212 Å². The lowest BCUT2D eigenvalue weighted by atomic mass is 9.81. The van der Waals surface area contributed by atoms with Gasteiger partial charge in [-0.05, 0) is 126 Å². The highest BCUT2D eigenvalue weighted by atomic mass is 15.1. The Bertz CT molecular complexity index is 2850. The van der Waals surface area contributed by atoms with Gasteiger partial charge >= 0.3 is 0 Å². The number of hydrogen-bond donors (Lipinski definition) is 0. The van der Waals surface area contributed by atoms with E-state index in [4.69, 9.17) is 0 Å². The molecule has 10 rings (SSSR count). The number of rotatable bonds is 7. The summed E-state index contributed by atoms with van der Waals surface area (Å²) in [7, 11) is 0. The van der Waals surface area contributed by atoms with Crippen molar-refractivity contribution in [2.45, 2.75) is 19.3 Å². The molecule has 0 unspecified atom stereocenters. The number of anilines is 3. The third-order valence-corrected chi connectivity index (χ3v) is 11.6. The number of benzene rings is 9. The summed E-state index contributed by atoms with van der Waals surface area (Å²) in [5.41, 5.74) is 18.4. The van der Waals surface area contributed by atoms with Crippen LogP contribution in [-0.2, 0) is 5.41 Å². The fraction of sp³-hybridized carbons (Fsp3) is 0.0545. The molecule has 0 aliphatic heterocycles. The minimum absolute atomic E-state index is 0.170. The highest BCUT2D eigenvalue weighted by Crippen LogP contribution is 2.53. The van der Waals surface area contributed by atoms with Crippen LogP contribution in [0.4, 0.5) is 17.1 Å². The first-order chi connectivity index (χ1) is 27.5. The van der Waals surface area contributed by atoms with Gasteiger partial charge in [0.15, 0.2) is 0 Å². The summed E-state index contributed by atoms with van der Waals surface area (Å²) >= 11 is 0. The molecule has 9 aromatic carbocycles. The summed E-state index contributed by atoms with van der Waals surface area (Å²) in [4.78, 5) is 2.42. The van der Waals surface area contributed by atoms with E-state index in [0.717, 1.165) is 17.1 Å². The first-order valence-electron chi connectivity index (χ1n) is 19.5. The van der Waals surface area contributed by atoms with Gasteiger partial charge in [0.25, 0.3) is 0 Å². The van der Waals surface area contributed by atoms with E-state index in [1.807, 2.05) is 0 Å². The Morgan fingerprint density at radius 1 is 0.304 bits per heavy atom. The molecule has 0 amide bonds. The van der Waals surface area contributed by atoms with Gasteiger partial charge in [-0.1, -0.05) is 178 Å². The summed E-state index contributed by atoms with van der Waals surface area (Å²) in [5, 5.41) is 2.48. The van der Waals surface area contributed by atoms with Crippen molar-refractivity contribution >= 4 is 27.8 Å². The Kier molecular flexibility index (Phi) is 8.23. The summed E-state index contributed by atoms with van der Waals surface area (Å²) in [6.45, 7) is 4.75. The van der Waals surface area contributed by atoms with Gasteiger partial charge in [-0.2, -0.15) is 0 Å². The lowest BCUT2D eigenvalue weighted by molar-refractivity contribution is 0.660. The molecule has 0 atom stereocenters. The topological polar surface area (TPSA) is 3.24 Å². The Balaban J connectivity index is 1.12. The SMILES string of the molecule is CC1(C)c2cc(N(c3ccc(-c4cc5ccccc5cc4-c4ccccc4)cc3)c3cccc(-c4ccccc4)c3)ccc2-c2c(-c3ccccc3)cccc21. The number of nitrogens with zero attached hydrogens (tertiary/aromatic N) is 1. The van der Waals surface area contributed by atoms with E-state index in [-0.39, 0.29) is 5.41 Å². The van der Waals surface area contributed by atoms with E-state index in [1.165, 1.54) is 77.5 Å². The van der Waals surface area contributed by atoms with Crippen molar-refractivity contribution < 1.29 is 0 Å². The molecule has 0 aromatic heterocycles. The van der Waals surface area contributed by atoms with Crippen molar-refractivity contribution in [1.82, 2.24) is 0 Å². The molecule has 266 valence electrons. The van der Waals surface area contributed by atoms with Gasteiger partial charge in [-0.25, -0.2) is 0 Å². The van der Waals surface area contributed by atoms with Crippen LogP contribution in [0.5, 0.6) is 0 Å². The van der Waals surface area contributed by atoms with Crippen molar-refractivity contribution in [1.29, 1.82) is 0 Å². The van der Waals surface area contributed by atoms with Crippen LogP contribution < -0.4 is 4.90 Å². The third kappa shape index (κ3) is 5.81. The maximum atomic E-state index is 2.43. The Hall–Kier alpha value is -6.96. The second-order valence-corrected chi connectivity index (χ2v) is 15.4. The van der Waals surface area contributed by atoms with Gasteiger partial charge in [-0.3, -0.25) is 0 Å². The minimum Gasteiger partial charge on any atom is -0.310 e. The second-order valence-electron chi connectivity index (χ2n) is 15.4. The molecule has 0 fully saturated rings. The largest absolute Gasteiger partial charge is 0.310 e. The fourth-order valence-electron chi connectivity index (χ4n) is 8.80. The fourth-order valence-corrected chi connectivity index (χ4v) is 8.80. The zero-order valence-electron chi connectivity index (χ0n) is 31.7. The van der Waals surface area contributed by atoms with Crippen molar-refractivity contribution in [3.05, 3.63) is 223 Å². The minimum atomic E-state index is -0.170. The molecule has 9 aromatic rings. The van der Waals surface area contributed by atoms with Gasteiger partial charge < -0.3 is 4.90 Å². The number of hydrogen-bond acceptors (Lipinski definition) is 1. The van der Waals surface area contributed by atoms with E-state index in [9.17, 15) is 0 Å². The Labute approximate surface area is 329 Å². The molecule has 1 aliphatic carbocycles. The highest BCUT2D eigenvalue weighted by molar-refractivity contribution is 5.97. The molecule has 0 bridgehead atoms. The molecule has 1 heteroatoms. The standard InChI is InChI=1S/C55H41N/c1-55(2)52-27-15-26-48(39-18-8-4-9-19-39)54(52)49-33-32-47(37-53(49)55)56(46-25-14-24-42(34-46)38-16-6-3-7-17-38)45-30-28-41(29-31-45)51-36-44-23-13-12-22-43(44)35-50(51)40-20-10-5-11-21-40/h3-37H,1-2H3. The molecule has 0 spiro atoms. The summed E-state index contributed by atoms with van der Waals surface area (Å²) in [6, 6.07) is 77.6. The van der Waals surface area contributed by atoms with Crippen LogP contribution >= 0.6 is 0 Å². The van der Waals surface area contributed by atoms with Crippen LogP contribution in [0, 0.1) is 0 Å². The van der Waals surface area contributed by atoms with Gasteiger partial charge in [0.05, 0.1) is 0 Å². The molecule has 0 N–H and O–H groups in total. The van der Waals surface area contributed by atoms with Crippen molar-refractivity contribution in [2.24, 2.45) is 0 Å². The van der Waals surface area contributed by atoms with Crippen molar-refractivity contribution in [3.63, 3.8) is 0 Å². The highest BCUT2D eigenvalue weighted by Gasteiger charge is 2.37. The predicted molar refractivity (Wildman–Crippen MR) is 238 cm³/mol. The molecule has 0 heterocycles. The van der Waals surface area contributed by atoms with Crippen LogP contribution in [0.3, 0.4) is 0 Å². The number of fused-ring (bicyclic) bond motifs is 4. The van der Waals surface area contributed by atoms with Gasteiger partial charge in [-0.15, -0.1) is 0 Å². The maximum absolute atomic E-state index is 2.43. The van der Waals surface area contributed by atoms with Crippen molar-refractivity contribution in [3.8, 4) is 55.6 Å². The zero-order valence-corrected chi connectivity index (χ0v) is 31.7. The van der Waals surface area contributed by atoms with Crippen LogP contribution in [0.2, 0.25) is 0 Å². The lowest BCUT2D eigenvalue weighted by Crippen LogP contribution is -2.16. The molecule has 0 radical (unpaired) electrons. The van der Waals surface area contributed by atoms with Gasteiger partial charge in [0.2, 0.25) is 0 Å². The van der Waals surface area contributed by atoms with Gasteiger partial charge in [0.1, 0.15) is 0 Å². The average Bonchev–Trinajstić information content (AvgIpc) is 3.50. The van der Waals surface area contributed by atoms with Crippen LogP contribution in [0.25, 0.3) is 66.4 Å². The Morgan fingerprint density at radius 3 is 1.45 bits per heavy atom. The van der Waals surface area contributed by atoms with E-state index in [1.54, 1.807) is 0 Å². The smallest absolute Gasteiger partial charge is 0.0467 e. The van der Waals surface area contributed by atoms with E-state index in [2.05, 4.69) is 231 Å². The lowest BCUT2D eigenvalue weighted by Gasteiger charge is -2.28. The van der Waals surface area contributed by atoms with Crippen LogP contribution in [-0.4, -0.2) is 0 Å². The molecular weight excluding hydrogens is 675 g/mol. The molecule has 1 aliphatic rings. The second kappa shape index (κ2) is 13.7. The first kappa shape index (κ1) is 33.6. The third-order valence-electron chi connectivity index (χ3n) is 11.6. The molecular formula is C55H41N. The Morgan fingerprint density at radius 2 is 0.804 bits per heavy atom. The zero-order chi connectivity index (χ0) is 37.6. The summed E-state index contributed by atoms with van der Waals surface area (Å²) in [6.07, 6.45) is 0.